The van der Waals surface area contributed by atoms with Crippen molar-refractivity contribution >= 4 is 5.91 Å². The summed E-state index contributed by atoms with van der Waals surface area (Å²) in [6, 6.07) is 15.7. The first-order valence-electron chi connectivity index (χ1n) is 9.06. The highest BCUT2D eigenvalue weighted by Crippen LogP contribution is 2.24. The Morgan fingerprint density at radius 2 is 1.80 bits per heavy atom. The Kier molecular flexibility index (Phi) is 6.20. The predicted octanol–water partition coefficient (Wildman–Crippen LogP) is 3.50. The highest BCUT2D eigenvalue weighted by Gasteiger charge is 2.15. The molecule has 0 atom stereocenters. The molecule has 1 aliphatic carbocycles. The van der Waals surface area contributed by atoms with E-state index >= 15 is 0 Å². The van der Waals surface area contributed by atoms with Crippen molar-refractivity contribution in [3.8, 4) is 11.1 Å². The van der Waals surface area contributed by atoms with E-state index in [1.54, 1.807) is 0 Å². The summed E-state index contributed by atoms with van der Waals surface area (Å²) in [4.78, 5) is 12.2. The van der Waals surface area contributed by atoms with Crippen LogP contribution in [-0.4, -0.2) is 25.2 Å². The number of rotatable bonds is 7. The number of hydrogen-bond donors (Lipinski definition) is 2. The van der Waals surface area contributed by atoms with Gasteiger partial charge in [0.1, 0.15) is 0 Å². The summed E-state index contributed by atoms with van der Waals surface area (Å²) in [5, 5.41) is 2.92. The minimum absolute atomic E-state index is 0.0614. The van der Waals surface area contributed by atoms with Gasteiger partial charge in [-0.05, 0) is 41.7 Å². The van der Waals surface area contributed by atoms with Gasteiger partial charge in [-0.15, -0.1) is 0 Å². The third-order valence-corrected chi connectivity index (χ3v) is 4.74. The van der Waals surface area contributed by atoms with Crippen molar-refractivity contribution in [1.82, 2.24) is 5.32 Å². The van der Waals surface area contributed by atoms with Crippen LogP contribution in [0.4, 0.5) is 0 Å². The quantitative estimate of drug-likeness (QED) is 0.760. The van der Waals surface area contributed by atoms with E-state index in [1.807, 2.05) is 42.5 Å². The second-order valence-electron chi connectivity index (χ2n) is 6.47. The molecule has 0 aromatic heterocycles. The summed E-state index contributed by atoms with van der Waals surface area (Å²) in [6.45, 7) is 1.63. The minimum Gasteiger partial charge on any atom is -0.376 e. The van der Waals surface area contributed by atoms with Gasteiger partial charge in [0.15, 0.2) is 0 Å². The molecule has 3 rings (SSSR count). The molecule has 1 amide bonds. The smallest absolute Gasteiger partial charge is 0.251 e. The van der Waals surface area contributed by atoms with Crippen molar-refractivity contribution in [3.63, 3.8) is 0 Å². The molecule has 0 heterocycles. The summed E-state index contributed by atoms with van der Waals surface area (Å²) in [6.07, 6.45) is 5.21. The Balaban J connectivity index is 1.53. The van der Waals surface area contributed by atoms with Crippen molar-refractivity contribution in [2.45, 2.75) is 38.3 Å². The predicted molar refractivity (Wildman–Crippen MR) is 100 cm³/mol. The monoisotopic (exact) mass is 338 g/mol. The normalized spacial score (nSPS) is 14.6. The highest BCUT2D eigenvalue weighted by molar-refractivity contribution is 5.94. The molecule has 0 radical (unpaired) electrons. The third-order valence-electron chi connectivity index (χ3n) is 4.74. The number of carbonyl (C=O) groups is 1. The van der Waals surface area contributed by atoms with Crippen LogP contribution in [0.3, 0.4) is 0 Å². The van der Waals surface area contributed by atoms with E-state index < -0.39 is 0 Å². The Morgan fingerprint density at radius 3 is 2.52 bits per heavy atom. The largest absolute Gasteiger partial charge is 0.376 e. The fraction of sp³-hybridized carbons (Fsp3) is 0.381. The topological polar surface area (TPSA) is 64.4 Å². The van der Waals surface area contributed by atoms with Crippen LogP contribution in [0.2, 0.25) is 0 Å². The molecule has 2 aromatic carbocycles. The van der Waals surface area contributed by atoms with E-state index in [-0.39, 0.29) is 5.91 Å². The Bertz CT molecular complexity index is 691. The number of ether oxygens (including phenoxy) is 1. The molecule has 4 nitrogen and oxygen atoms in total. The molecule has 1 saturated carbocycles. The lowest BCUT2D eigenvalue weighted by molar-refractivity contribution is 0.0582. The number of amides is 1. The lowest BCUT2D eigenvalue weighted by Gasteiger charge is -2.12. The summed E-state index contributed by atoms with van der Waals surface area (Å²) in [5.41, 5.74) is 9.75. The molecule has 2 aromatic rings. The molecule has 1 fully saturated rings. The number of benzene rings is 2. The first-order chi connectivity index (χ1) is 12.3. The SMILES string of the molecule is NCc1ccccc1-c1ccc(C(=O)NCCOC2CCCC2)cc1. The van der Waals surface area contributed by atoms with E-state index in [0.717, 1.165) is 29.5 Å². The van der Waals surface area contributed by atoms with Gasteiger partial charge in [0, 0.05) is 18.7 Å². The average molecular weight is 338 g/mol. The van der Waals surface area contributed by atoms with Gasteiger partial charge in [-0.2, -0.15) is 0 Å². The lowest BCUT2D eigenvalue weighted by Crippen LogP contribution is -2.28. The summed E-state index contributed by atoms with van der Waals surface area (Å²) in [5.74, 6) is -0.0614. The third kappa shape index (κ3) is 4.68. The van der Waals surface area contributed by atoms with Crippen LogP contribution >= 0.6 is 0 Å². The summed E-state index contributed by atoms with van der Waals surface area (Å²) in [7, 11) is 0. The molecule has 0 spiro atoms. The standard InChI is InChI=1S/C21H26N2O2/c22-15-18-5-1-4-8-20(18)16-9-11-17(12-10-16)21(24)23-13-14-25-19-6-2-3-7-19/h1,4-5,8-12,19H,2-3,6-7,13-15,22H2,(H,23,24). The van der Waals surface area contributed by atoms with Gasteiger partial charge < -0.3 is 15.8 Å². The van der Waals surface area contributed by atoms with E-state index in [1.165, 1.54) is 12.8 Å². The van der Waals surface area contributed by atoms with Gasteiger partial charge >= 0.3 is 0 Å². The molecular weight excluding hydrogens is 312 g/mol. The Morgan fingerprint density at radius 1 is 1.08 bits per heavy atom. The van der Waals surface area contributed by atoms with Crippen molar-refractivity contribution < 1.29 is 9.53 Å². The van der Waals surface area contributed by atoms with Gasteiger partial charge in [0.25, 0.3) is 5.91 Å². The van der Waals surface area contributed by atoms with Crippen LogP contribution in [0.15, 0.2) is 48.5 Å². The average Bonchev–Trinajstić information content (AvgIpc) is 3.18. The minimum atomic E-state index is -0.0614. The van der Waals surface area contributed by atoms with Gasteiger partial charge in [-0.25, -0.2) is 0 Å². The van der Waals surface area contributed by atoms with Gasteiger partial charge in [0.05, 0.1) is 12.7 Å². The lowest BCUT2D eigenvalue weighted by atomic mass is 9.98. The van der Waals surface area contributed by atoms with Gasteiger partial charge in [-0.1, -0.05) is 49.2 Å². The number of hydrogen-bond acceptors (Lipinski definition) is 3. The second-order valence-corrected chi connectivity index (χ2v) is 6.47. The highest BCUT2D eigenvalue weighted by atomic mass is 16.5. The molecule has 4 heteroatoms. The molecule has 0 saturated heterocycles. The molecule has 3 N–H and O–H groups in total. The molecule has 132 valence electrons. The van der Waals surface area contributed by atoms with Crippen LogP contribution in [-0.2, 0) is 11.3 Å². The Hall–Kier alpha value is -2.17. The van der Waals surface area contributed by atoms with Crippen molar-refractivity contribution in [3.05, 3.63) is 59.7 Å². The fourth-order valence-corrected chi connectivity index (χ4v) is 3.33. The zero-order chi connectivity index (χ0) is 17.5. The number of carbonyl (C=O) groups excluding carboxylic acids is 1. The van der Waals surface area contributed by atoms with Gasteiger partial charge in [0.2, 0.25) is 0 Å². The summed E-state index contributed by atoms with van der Waals surface area (Å²) >= 11 is 0. The van der Waals surface area contributed by atoms with Crippen molar-refractivity contribution in [2.75, 3.05) is 13.2 Å². The van der Waals surface area contributed by atoms with Crippen LogP contribution < -0.4 is 11.1 Å². The molecule has 25 heavy (non-hydrogen) atoms. The fourth-order valence-electron chi connectivity index (χ4n) is 3.33. The summed E-state index contributed by atoms with van der Waals surface area (Å²) < 4.78 is 5.77. The second kappa shape index (κ2) is 8.79. The van der Waals surface area contributed by atoms with E-state index in [0.29, 0.717) is 31.4 Å². The zero-order valence-corrected chi connectivity index (χ0v) is 14.5. The maximum absolute atomic E-state index is 12.2. The van der Waals surface area contributed by atoms with Crippen LogP contribution in [0.5, 0.6) is 0 Å². The molecule has 0 unspecified atom stereocenters. The maximum Gasteiger partial charge on any atom is 0.251 e. The first-order valence-corrected chi connectivity index (χ1v) is 9.06. The number of nitrogens with two attached hydrogens (primary N) is 1. The van der Waals surface area contributed by atoms with Crippen LogP contribution in [0, 0.1) is 0 Å². The molecule has 0 bridgehead atoms. The number of nitrogens with one attached hydrogen (secondary N) is 1. The zero-order valence-electron chi connectivity index (χ0n) is 14.5. The van der Waals surface area contributed by atoms with Crippen LogP contribution in [0.1, 0.15) is 41.6 Å². The maximum atomic E-state index is 12.2. The Labute approximate surface area is 149 Å². The molecule has 1 aliphatic rings. The van der Waals surface area contributed by atoms with Crippen LogP contribution in [0.25, 0.3) is 11.1 Å². The van der Waals surface area contributed by atoms with Crippen molar-refractivity contribution in [2.24, 2.45) is 5.73 Å². The first kappa shape index (κ1) is 17.6. The van der Waals surface area contributed by atoms with E-state index in [4.69, 9.17) is 10.5 Å². The van der Waals surface area contributed by atoms with Crippen molar-refractivity contribution in [1.29, 1.82) is 0 Å². The molecular formula is C21H26N2O2. The molecule has 0 aliphatic heterocycles. The van der Waals surface area contributed by atoms with E-state index in [9.17, 15) is 4.79 Å². The van der Waals surface area contributed by atoms with Gasteiger partial charge in [-0.3, -0.25) is 4.79 Å². The van der Waals surface area contributed by atoms with E-state index in [2.05, 4.69) is 11.4 Å².